The number of fused-ring (bicyclic) bond motifs is 2. The van der Waals surface area contributed by atoms with E-state index < -0.39 is 6.09 Å². The zero-order valence-corrected chi connectivity index (χ0v) is 19.4. The minimum Gasteiger partial charge on any atom is -0.493 e. The van der Waals surface area contributed by atoms with Crippen molar-refractivity contribution in [3.63, 3.8) is 0 Å². The highest BCUT2D eigenvalue weighted by molar-refractivity contribution is 6.01. The van der Waals surface area contributed by atoms with E-state index in [9.17, 15) is 9.59 Å². The largest absolute Gasteiger partial charge is 0.493 e. The lowest BCUT2D eigenvalue weighted by Crippen LogP contribution is -2.30. The highest BCUT2D eigenvalue weighted by atomic mass is 16.5. The fourth-order valence-corrected chi connectivity index (χ4v) is 4.28. The Balaban J connectivity index is 1.51. The van der Waals surface area contributed by atoms with Crippen LogP contribution in [0.3, 0.4) is 0 Å². The van der Waals surface area contributed by atoms with Crippen molar-refractivity contribution in [3.05, 3.63) is 87.8 Å². The number of aromatic amines is 1. The summed E-state index contributed by atoms with van der Waals surface area (Å²) in [7, 11) is 1.32. The van der Waals surface area contributed by atoms with E-state index >= 15 is 0 Å². The maximum atomic E-state index is 12.2. The highest BCUT2D eigenvalue weighted by Gasteiger charge is 2.19. The maximum Gasteiger partial charge on any atom is 0.412 e. The summed E-state index contributed by atoms with van der Waals surface area (Å²) in [5, 5.41) is 11.0. The van der Waals surface area contributed by atoms with Crippen LogP contribution in [0.25, 0.3) is 21.9 Å². The number of nitrogens with one attached hydrogen (secondary N) is 2. The van der Waals surface area contributed by atoms with Gasteiger partial charge in [0.25, 0.3) is 5.56 Å². The number of hydrogen-bond acceptors (Lipinski definition) is 6. The van der Waals surface area contributed by atoms with Crippen LogP contribution in [0, 0.1) is 0 Å². The summed E-state index contributed by atoms with van der Waals surface area (Å²) in [5.74, 6) is 1.32. The molecule has 2 N–H and O–H groups in total. The quantitative estimate of drug-likeness (QED) is 0.448. The van der Waals surface area contributed by atoms with Crippen molar-refractivity contribution in [2.24, 2.45) is 4.99 Å². The second-order valence-corrected chi connectivity index (χ2v) is 8.18. The number of ether oxygens (including phenoxy) is 2. The lowest BCUT2D eigenvalue weighted by molar-refractivity contribution is 0.176. The molecule has 35 heavy (non-hydrogen) atoms. The molecule has 8 heteroatoms. The second kappa shape index (κ2) is 9.42. The zero-order chi connectivity index (χ0) is 24.4. The van der Waals surface area contributed by atoms with E-state index in [1.54, 1.807) is 6.07 Å². The molecule has 0 spiro atoms. The third-order valence-electron chi connectivity index (χ3n) is 5.93. The van der Waals surface area contributed by atoms with E-state index in [0.29, 0.717) is 30.7 Å². The first-order valence-electron chi connectivity index (χ1n) is 11.3. The molecule has 1 aliphatic rings. The summed E-state index contributed by atoms with van der Waals surface area (Å²) in [6.45, 7) is 2.49. The first-order chi connectivity index (χ1) is 17.1. The lowest BCUT2D eigenvalue weighted by Gasteiger charge is -2.14. The first kappa shape index (κ1) is 22.3. The predicted molar refractivity (Wildman–Crippen MR) is 135 cm³/mol. The normalized spacial score (nSPS) is 12.2. The summed E-state index contributed by atoms with van der Waals surface area (Å²) in [6.07, 6.45) is 0.549. The van der Waals surface area contributed by atoms with Crippen LogP contribution in [0.2, 0.25) is 0 Å². The van der Waals surface area contributed by atoms with Crippen molar-refractivity contribution in [1.29, 1.82) is 0 Å². The zero-order valence-electron chi connectivity index (χ0n) is 19.4. The van der Waals surface area contributed by atoms with Gasteiger partial charge in [0.1, 0.15) is 11.6 Å². The lowest BCUT2D eigenvalue weighted by atomic mass is 9.97. The molecule has 3 aromatic carbocycles. The summed E-state index contributed by atoms with van der Waals surface area (Å²) in [4.78, 5) is 28.3. The van der Waals surface area contributed by atoms with Gasteiger partial charge < -0.3 is 9.47 Å². The number of aromatic nitrogens is 2. The Bertz CT molecular complexity index is 1520. The van der Waals surface area contributed by atoms with Gasteiger partial charge in [-0.2, -0.15) is 5.10 Å². The van der Waals surface area contributed by atoms with Crippen LogP contribution < -0.4 is 15.6 Å². The van der Waals surface area contributed by atoms with Crippen molar-refractivity contribution in [3.8, 4) is 16.9 Å². The predicted octanol–water partition coefficient (Wildman–Crippen LogP) is 4.52. The van der Waals surface area contributed by atoms with Gasteiger partial charge in [-0.1, -0.05) is 36.4 Å². The van der Waals surface area contributed by atoms with Crippen LogP contribution in [-0.2, 0) is 17.6 Å². The van der Waals surface area contributed by atoms with Gasteiger partial charge in [0, 0.05) is 23.8 Å². The minimum atomic E-state index is -0.536. The molecule has 1 aliphatic heterocycles. The number of H-pyrrole nitrogens is 1. The Kier molecular flexibility index (Phi) is 6.01. The number of hydrogen-bond donors (Lipinski definition) is 2. The molecule has 4 aromatic rings. The summed E-state index contributed by atoms with van der Waals surface area (Å²) in [6, 6.07) is 19.6. The van der Waals surface area contributed by atoms with Crippen LogP contribution in [-0.4, -0.2) is 35.8 Å². The van der Waals surface area contributed by atoms with Gasteiger partial charge in [0.2, 0.25) is 0 Å². The molecule has 176 valence electrons. The average molecular weight is 469 g/mol. The van der Waals surface area contributed by atoms with Crippen molar-refractivity contribution in [2.75, 3.05) is 13.7 Å². The fourth-order valence-electron chi connectivity index (χ4n) is 4.28. The van der Waals surface area contributed by atoms with Crippen LogP contribution in [0.5, 0.6) is 5.75 Å². The van der Waals surface area contributed by atoms with Crippen molar-refractivity contribution < 1.29 is 14.3 Å². The van der Waals surface area contributed by atoms with E-state index in [1.807, 2.05) is 55.5 Å². The molecule has 0 aliphatic carbocycles. The van der Waals surface area contributed by atoms with Crippen LogP contribution in [0.4, 0.5) is 10.5 Å². The van der Waals surface area contributed by atoms with Crippen LogP contribution in [0.1, 0.15) is 23.7 Å². The number of rotatable bonds is 5. The number of methoxy groups -OCH3 is 1. The molecular formula is C27H24N4O4. The van der Waals surface area contributed by atoms with E-state index in [4.69, 9.17) is 4.74 Å². The average Bonchev–Trinajstić information content (AvgIpc) is 3.28. The number of benzene rings is 3. The Morgan fingerprint density at radius 3 is 2.71 bits per heavy atom. The van der Waals surface area contributed by atoms with Crippen LogP contribution in [0.15, 0.2) is 70.5 Å². The van der Waals surface area contributed by atoms with Gasteiger partial charge in [-0.05, 0) is 47.9 Å². The van der Waals surface area contributed by atoms with Gasteiger partial charge in [-0.25, -0.2) is 14.9 Å². The van der Waals surface area contributed by atoms with Gasteiger partial charge in [0.15, 0.2) is 0 Å². The Labute approximate surface area is 201 Å². The smallest absolute Gasteiger partial charge is 0.412 e. The fraction of sp³-hybridized carbons (Fsp3) is 0.185. The molecule has 2 heterocycles. The number of carbonyl (C=O) groups is 1. The molecule has 0 bridgehead atoms. The maximum absolute atomic E-state index is 12.2. The SMILES string of the molecule is CCOc1ccc(Cc2n[nH]c(=O)c3ccccc23)cc1-c1ccc2c(c1)N=C(NC(=O)OC)C2. The molecule has 0 radical (unpaired) electrons. The molecule has 0 atom stereocenters. The van der Waals surface area contributed by atoms with E-state index in [0.717, 1.165) is 44.8 Å². The monoisotopic (exact) mass is 468 g/mol. The van der Waals surface area contributed by atoms with Crippen molar-refractivity contribution in [1.82, 2.24) is 15.5 Å². The third-order valence-corrected chi connectivity index (χ3v) is 5.93. The second-order valence-electron chi connectivity index (χ2n) is 8.18. The number of aliphatic imine (C=N–C) groups is 1. The molecule has 8 nitrogen and oxygen atoms in total. The van der Waals surface area contributed by atoms with E-state index in [2.05, 4.69) is 31.3 Å². The summed E-state index contributed by atoms with van der Waals surface area (Å²) < 4.78 is 10.6. The Morgan fingerprint density at radius 1 is 1.09 bits per heavy atom. The first-order valence-corrected chi connectivity index (χ1v) is 11.3. The molecule has 0 fully saturated rings. The van der Waals surface area contributed by atoms with Gasteiger partial charge in [-0.15, -0.1) is 0 Å². The summed E-state index contributed by atoms with van der Waals surface area (Å²) >= 11 is 0. The molecule has 0 unspecified atom stereocenters. The van der Waals surface area contributed by atoms with Gasteiger partial charge in [0.05, 0.1) is 30.5 Å². The van der Waals surface area contributed by atoms with E-state index in [1.165, 1.54) is 7.11 Å². The standard InChI is InChI=1S/C27H24N4O4/c1-3-35-24-11-8-16(13-23-19-6-4-5-7-20(19)26(32)31-30-23)12-21(24)17-9-10-18-15-25(28-22(18)14-17)29-27(33)34-2/h4-12,14H,3,13,15H2,1-2H3,(H,31,32)(H,28,29,33). The number of amidine groups is 1. The van der Waals surface area contributed by atoms with Gasteiger partial charge >= 0.3 is 6.09 Å². The molecule has 1 amide bonds. The molecule has 5 rings (SSSR count). The Morgan fingerprint density at radius 2 is 1.91 bits per heavy atom. The molecule has 1 aromatic heterocycles. The van der Waals surface area contributed by atoms with Crippen molar-refractivity contribution in [2.45, 2.75) is 19.8 Å². The Hall–Kier alpha value is -4.46. The number of nitrogens with zero attached hydrogens (tertiary/aromatic N) is 2. The summed E-state index contributed by atoms with van der Waals surface area (Å²) in [5.41, 5.74) is 5.35. The topological polar surface area (TPSA) is 106 Å². The number of alkyl carbamates (subject to hydrolysis) is 1. The highest BCUT2D eigenvalue weighted by Crippen LogP contribution is 2.37. The molecular weight excluding hydrogens is 444 g/mol. The molecule has 0 saturated heterocycles. The molecule has 0 saturated carbocycles. The van der Waals surface area contributed by atoms with Gasteiger partial charge in [-0.3, -0.25) is 10.1 Å². The third kappa shape index (κ3) is 4.50. The van der Waals surface area contributed by atoms with Crippen LogP contribution >= 0.6 is 0 Å². The minimum absolute atomic E-state index is 0.198. The van der Waals surface area contributed by atoms with Crippen molar-refractivity contribution >= 4 is 28.4 Å². The van der Waals surface area contributed by atoms with E-state index in [-0.39, 0.29) is 5.56 Å². The number of carbonyl (C=O) groups excluding carboxylic acids is 1. The number of amides is 1.